The summed E-state index contributed by atoms with van der Waals surface area (Å²) < 4.78 is 5.15. The molecule has 8 heteroatoms. The molecule has 1 heterocycles. The minimum absolute atomic E-state index is 0.210. The van der Waals surface area contributed by atoms with Crippen LogP contribution >= 0.6 is 23.4 Å². The first kappa shape index (κ1) is 21.0. The van der Waals surface area contributed by atoms with Crippen molar-refractivity contribution in [2.24, 2.45) is 0 Å². The highest BCUT2D eigenvalue weighted by atomic mass is 35.5. The normalized spacial score (nSPS) is 11.7. The summed E-state index contributed by atoms with van der Waals surface area (Å²) >= 11 is 7.18. The summed E-state index contributed by atoms with van der Waals surface area (Å²) in [6.45, 7) is 3.64. The fraction of sp³-hybridized carbons (Fsp3) is 0.190. The molecule has 0 saturated carbocycles. The molecule has 150 valence electrons. The molecule has 1 aromatic heterocycles. The molecule has 2 aromatic carbocycles. The highest BCUT2D eigenvalue weighted by Gasteiger charge is 2.17. The number of rotatable bonds is 6. The van der Waals surface area contributed by atoms with Gasteiger partial charge in [0.1, 0.15) is 5.75 Å². The maximum absolute atomic E-state index is 12.6. The molecule has 0 aliphatic rings. The van der Waals surface area contributed by atoms with Crippen LogP contribution in [0.4, 0.5) is 5.69 Å². The molecule has 0 bridgehead atoms. The van der Waals surface area contributed by atoms with Gasteiger partial charge >= 0.3 is 0 Å². The van der Waals surface area contributed by atoms with Crippen molar-refractivity contribution in [1.82, 2.24) is 9.97 Å². The number of nitrogens with one attached hydrogen (secondary N) is 2. The summed E-state index contributed by atoms with van der Waals surface area (Å²) in [5, 5.41) is 3.30. The van der Waals surface area contributed by atoms with Crippen molar-refractivity contribution in [3.05, 3.63) is 69.5 Å². The zero-order valence-corrected chi connectivity index (χ0v) is 17.7. The van der Waals surface area contributed by atoms with Gasteiger partial charge in [0.2, 0.25) is 5.91 Å². The lowest BCUT2D eigenvalue weighted by atomic mass is 10.1. The van der Waals surface area contributed by atoms with Crippen molar-refractivity contribution in [2.75, 3.05) is 12.4 Å². The number of amides is 1. The smallest absolute Gasteiger partial charge is 0.252 e. The molecular formula is C21H20ClN3O3S. The number of aryl methyl sites for hydroxylation is 1. The standard InChI is InChI=1S/C21H20ClN3O3S/c1-12-4-7-15(22)10-17(12)23-20(27)13(2)29-21-24-18(11-19(26)25-21)14-5-8-16(28-3)9-6-14/h4-11,13H,1-3H3,(H,23,27)(H,24,25,26). The molecule has 0 radical (unpaired) electrons. The van der Waals surface area contributed by atoms with Crippen LogP contribution in [0.1, 0.15) is 12.5 Å². The second kappa shape index (κ2) is 9.15. The van der Waals surface area contributed by atoms with Gasteiger partial charge in [0, 0.05) is 22.3 Å². The number of carbonyl (C=O) groups excluding carboxylic acids is 1. The van der Waals surface area contributed by atoms with Crippen LogP contribution < -0.4 is 15.6 Å². The number of aromatic amines is 1. The van der Waals surface area contributed by atoms with Crippen molar-refractivity contribution in [3.8, 4) is 17.0 Å². The molecule has 2 N–H and O–H groups in total. The van der Waals surface area contributed by atoms with E-state index in [1.807, 2.05) is 25.1 Å². The predicted octanol–water partition coefficient (Wildman–Crippen LogP) is 4.53. The number of anilines is 1. The Bertz CT molecular complexity index is 1080. The van der Waals surface area contributed by atoms with Gasteiger partial charge in [0.25, 0.3) is 5.56 Å². The van der Waals surface area contributed by atoms with E-state index in [4.69, 9.17) is 16.3 Å². The van der Waals surface area contributed by atoms with E-state index in [9.17, 15) is 9.59 Å². The van der Waals surface area contributed by atoms with Gasteiger partial charge < -0.3 is 15.0 Å². The summed E-state index contributed by atoms with van der Waals surface area (Å²) in [4.78, 5) is 31.8. The van der Waals surface area contributed by atoms with E-state index in [1.54, 1.807) is 38.3 Å². The quantitative estimate of drug-likeness (QED) is 0.444. The van der Waals surface area contributed by atoms with Gasteiger partial charge in [-0.15, -0.1) is 0 Å². The molecule has 3 rings (SSSR count). The summed E-state index contributed by atoms with van der Waals surface area (Å²) in [6, 6.07) is 14.0. The summed E-state index contributed by atoms with van der Waals surface area (Å²) in [6.07, 6.45) is 0. The molecule has 0 saturated heterocycles. The van der Waals surface area contributed by atoms with Gasteiger partial charge in [-0.1, -0.05) is 29.4 Å². The van der Waals surface area contributed by atoms with E-state index in [1.165, 1.54) is 17.8 Å². The summed E-state index contributed by atoms with van der Waals surface area (Å²) in [5.41, 5.74) is 2.59. The minimum Gasteiger partial charge on any atom is -0.497 e. The molecule has 0 spiro atoms. The van der Waals surface area contributed by atoms with Gasteiger partial charge in [-0.05, 0) is 55.8 Å². The van der Waals surface area contributed by atoms with Gasteiger partial charge in [0.15, 0.2) is 5.16 Å². The number of H-pyrrole nitrogens is 1. The van der Waals surface area contributed by atoms with E-state index in [0.29, 0.717) is 21.6 Å². The molecule has 0 aliphatic heterocycles. The van der Waals surface area contributed by atoms with Crippen molar-refractivity contribution in [1.29, 1.82) is 0 Å². The van der Waals surface area contributed by atoms with Crippen LogP contribution in [0.3, 0.4) is 0 Å². The number of carbonyl (C=O) groups is 1. The van der Waals surface area contributed by atoms with Crippen molar-refractivity contribution < 1.29 is 9.53 Å². The van der Waals surface area contributed by atoms with Crippen LogP contribution in [-0.2, 0) is 4.79 Å². The van der Waals surface area contributed by atoms with Crippen LogP contribution in [0.15, 0.2) is 58.5 Å². The first-order valence-corrected chi connectivity index (χ1v) is 10.1. The average Bonchev–Trinajstić information content (AvgIpc) is 2.70. The zero-order valence-electron chi connectivity index (χ0n) is 16.2. The van der Waals surface area contributed by atoms with Crippen molar-refractivity contribution in [2.45, 2.75) is 24.3 Å². The van der Waals surface area contributed by atoms with E-state index in [0.717, 1.165) is 16.9 Å². The number of methoxy groups -OCH3 is 1. The topological polar surface area (TPSA) is 84.1 Å². The van der Waals surface area contributed by atoms with Crippen molar-refractivity contribution >= 4 is 35.0 Å². The second-order valence-corrected chi connectivity index (χ2v) is 8.14. The maximum atomic E-state index is 12.6. The number of nitrogens with zero attached hydrogens (tertiary/aromatic N) is 1. The van der Waals surface area contributed by atoms with Crippen LogP contribution in [0.5, 0.6) is 5.75 Å². The highest BCUT2D eigenvalue weighted by molar-refractivity contribution is 8.00. The number of hydrogen-bond acceptors (Lipinski definition) is 5. The lowest BCUT2D eigenvalue weighted by Gasteiger charge is -2.13. The van der Waals surface area contributed by atoms with Gasteiger partial charge in [-0.25, -0.2) is 4.98 Å². The largest absolute Gasteiger partial charge is 0.497 e. The maximum Gasteiger partial charge on any atom is 0.252 e. The van der Waals surface area contributed by atoms with Gasteiger partial charge in [0.05, 0.1) is 18.1 Å². The lowest BCUT2D eigenvalue weighted by molar-refractivity contribution is -0.115. The van der Waals surface area contributed by atoms with E-state index in [-0.39, 0.29) is 11.5 Å². The van der Waals surface area contributed by atoms with Crippen LogP contribution in [-0.4, -0.2) is 28.2 Å². The molecule has 0 aliphatic carbocycles. The summed E-state index contributed by atoms with van der Waals surface area (Å²) in [7, 11) is 1.59. The summed E-state index contributed by atoms with van der Waals surface area (Å²) in [5.74, 6) is 0.507. The van der Waals surface area contributed by atoms with E-state index < -0.39 is 5.25 Å². The van der Waals surface area contributed by atoms with Crippen LogP contribution in [0, 0.1) is 6.92 Å². The van der Waals surface area contributed by atoms with Gasteiger partial charge in [-0.2, -0.15) is 0 Å². The van der Waals surface area contributed by atoms with Crippen LogP contribution in [0.25, 0.3) is 11.3 Å². The fourth-order valence-electron chi connectivity index (χ4n) is 2.58. The molecule has 0 fully saturated rings. The first-order valence-electron chi connectivity index (χ1n) is 8.85. The SMILES string of the molecule is COc1ccc(-c2cc(=O)[nH]c(SC(C)C(=O)Nc3cc(Cl)ccc3C)n2)cc1. The number of aromatic nitrogens is 2. The molecular weight excluding hydrogens is 410 g/mol. The fourth-order valence-corrected chi connectivity index (χ4v) is 3.57. The molecule has 29 heavy (non-hydrogen) atoms. The molecule has 3 aromatic rings. The third-order valence-electron chi connectivity index (χ3n) is 4.22. The van der Waals surface area contributed by atoms with Gasteiger partial charge in [-0.3, -0.25) is 9.59 Å². The van der Waals surface area contributed by atoms with E-state index in [2.05, 4.69) is 15.3 Å². The first-order chi connectivity index (χ1) is 13.9. The zero-order chi connectivity index (χ0) is 21.0. The predicted molar refractivity (Wildman–Crippen MR) is 117 cm³/mol. The second-order valence-electron chi connectivity index (χ2n) is 6.37. The number of ether oxygens (including phenoxy) is 1. The molecule has 6 nitrogen and oxygen atoms in total. The highest BCUT2D eigenvalue weighted by Crippen LogP contribution is 2.25. The lowest BCUT2D eigenvalue weighted by Crippen LogP contribution is -2.23. The van der Waals surface area contributed by atoms with Crippen LogP contribution in [0.2, 0.25) is 5.02 Å². The van der Waals surface area contributed by atoms with Crippen molar-refractivity contribution in [3.63, 3.8) is 0 Å². The number of hydrogen-bond donors (Lipinski definition) is 2. The Balaban J connectivity index is 1.76. The molecule has 1 atom stereocenters. The minimum atomic E-state index is -0.484. The third-order valence-corrected chi connectivity index (χ3v) is 5.44. The monoisotopic (exact) mass is 429 g/mol. The Kier molecular flexibility index (Phi) is 6.61. The Labute approximate surface area is 177 Å². The Morgan fingerprint density at radius 3 is 2.62 bits per heavy atom. The Morgan fingerprint density at radius 2 is 1.93 bits per heavy atom. The number of benzene rings is 2. The third kappa shape index (κ3) is 5.40. The Hall–Kier alpha value is -2.77. The number of halogens is 1. The number of thioether (sulfide) groups is 1. The molecule has 1 amide bonds. The van der Waals surface area contributed by atoms with E-state index >= 15 is 0 Å². The average molecular weight is 430 g/mol. The molecule has 1 unspecified atom stereocenters. The Morgan fingerprint density at radius 1 is 1.21 bits per heavy atom.